The van der Waals surface area contributed by atoms with Crippen molar-refractivity contribution in [3.05, 3.63) is 41.5 Å². The maximum absolute atomic E-state index is 13.7. The molecule has 30 heavy (non-hydrogen) atoms. The molecule has 0 radical (unpaired) electrons. The normalized spacial score (nSPS) is 36.5. The zero-order valence-corrected chi connectivity index (χ0v) is 19.3. The zero-order valence-electron chi connectivity index (χ0n) is 18.5. The van der Waals surface area contributed by atoms with Crippen molar-refractivity contribution in [3.8, 4) is 0 Å². The summed E-state index contributed by atoms with van der Waals surface area (Å²) in [5, 5.41) is 11.5. The summed E-state index contributed by atoms with van der Waals surface area (Å²) in [6.45, 7) is 7.52. The fraction of sp³-hybridized carbons (Fsp3) is 0.680. The number of rotatable bonds is 4. The van der Waals surface area contributed by atoms with Crippen molar-refractivity contribution in [2.45, 2.75) is 70.3 Å². The summed E-state index contributed by atoms with van der Waals surface area (Å²) in [6, 6.07) is 8.49. The second kappa shape index (κ2) is 6.43. The zero-order chi connectivity index (χ0) is 21.4. The van der Waals surface area contributed by atoms with Crippen molar-refractivity contribution < 1.29 is 13.5 Å². The number of piperidine rings is 1. The van der Waals surface area contributed by atoms with E-state index in [0.717, 1.165) is 32.1 Å². The topological polar surface area (TPSA) is 57.6 Å². The average molecular weight is 430 g/mol. The minimum absolute atomic E-state index is 0.0177. The molecule has 1 spiro atoms. The Labute approximate surface area is 181 Å². The highest BCUT2D eigenvalue weighted by Gasteiger charge is 2.71. The molecule has 1 saturated heterocycles. The van der Waals surface area contributed by atoms with Crippen molar-refractivity contribution in [2.24, 2.45) is 16.7 Å². The molecule has 1 aliphatic heterocycles. The molecule has 1 aromatic carbocycles. The minimum atomic E-state index is -3.44. The van der Waals surface area contributed by atoms with Crippen LogP contribution in [0.2, 0.25) is 0 Å². The van der Waals surface area contributed by atoms with Gasteiger partial charge in [0.2, 0.25) is 10.0 Å². The van der Waals surface area contributed by atoms with Crippen molar-refractivity contribution in [1.29, 1.82) is 0 Å². The molecule has 5 heteroatoms. The second-order valence-corrected chi connectivity index (χ2v) is 12.8. The number of sulfonamides is 1. The number of hydrogen-bond acceptors (Lipinski definition) is 3. The van der Waals surface area contributed by atoms with Crippen LogP contribution >= 0.6 is 0 Å². The predicted molar refractivity (Wildman–Crippen MR) is 121 cm³/mol. The molecule has 1 aromatic rings. The highest BCUT2D eigenvalue weighted by Crippen LogP contribution is 2.71. The number of aliphatic hydroxyl groups is 1. The Hall–Kier alpha value is -1.17. The number of hydrogen-bond donors (Lipinski definition) is 1. The highest BCUT2D eigenvalue weighted by atomic mass is 32.2. The lowest BCUT2D eigenvalue weighted by atomic mass is 9.63. The Morgan fingerprint density at radius 2 is 1.83 bits per heavy atom. The molecule has 0 amide bonds. The molecule has 1 heterocycles. The summed E-state index contributed by atoms with van der Waals surface area (Å²) in [4.78, 5) is 0. The van der Waals surface area contributed by atoms with E-state index in [-0.39, 0.29) is 16.6 Å². The quantitative estimate of drug-likeness (QED) is 0.774. The third kappa shape index (κ3) is 2.55. The Kier molecular flexibility index (Phi) is 4.44. The van der Waals surface area contributed by atoms with Gasteiger partial charge in [-0.3, -0.25) is 0 Å². The first-order chi connectivity index (χ1) is 14.1. The van der Waals surface area contributed by atoms with Crippen molar-refractivity contribution in [2.75, 3.05) is 18.8 Å². The van der Waals surface area contributed by atoms with Gasteiger partial charge in [0.05, 0.1) is 11.4 Å². The Bertz CT molecular complexity index is 989. The van der Waals surface area contributed by atoms with E-state index in [9.17, 15) is 13.5 Å². The molecule has 3 fully saturated rings. The molecule has 5 rings (SSSR count). The lowest BCUT2D eigenvalue weighted by Crippen LogP contribution is -2.56. The summed E-state index contributed by atoms with van der Waals surface area (Å²) in [5.41, 5.74) is 1.05. The van der Waals surface area contributed by atoms with Crippen LogP contribution < -0.4 is 0 Å². The van der Waals surface area contributed by atoms with Gasteiger partial charge in [-0.2, -0.15) is 0 Å². The van der Waals surface area contributed by atoms with Crippen molar-refractivity contribution in [3.63, 3.8) is 0 Å². The van der Waals surface area contributed by atoms with E-state index in [4.69, 9.17) is 0 Å². The van der Waals surface area contributed by atoms with Crippen LogP contribution in [-0.2, 0) is 15.4 Å². The van der Waals surface area contributed by atoms with Crippen LogP contribution in [0.25, 0.3) is 6.08 Å². The molecule has 4 nitrogen and oxygen atoms in total. The third-order valence-electron chi connectivity index (χ3n) is 9.75. The fourth-order valence-electron chi connectivity index (χ4n) is 7.60. The van der Waals surface area contributed by atoms with Gasteiger partial charge in [0, 0.05) is 23.9 Å². The van der Waals surface area contributed by atoms with E-state index in [1.807, 2.05) is 6.92 Å². The largest absolute Gasteiger partial charge is 0.389 e. The van der Waals surface area contributed by atoms with E-state index >= 15 is 0 Å². The summed E-state index contributed by atoms with van der Waals surface area (Å²) < 4.78 is 29.0. The second-order valence-electron chi connectivity index (χ2n) is 10.9. The van der Waals surface area contributed by atoms with Crippen LogP contribution in [0, 0.1) is 16.7 Å². The molecular formula is C25H35NO3S. The number of allylic oxidation sites excluding steroid dienone is 1. The van der Waals surface area contributed by atoms with Gasteiger partial charge in [-0.1, -0.05) is 57.2 Å². The molecule has 2 saturated carbocycles. The Balaban J connectivity index is 1.38. The van der Waals surface area contributed by atoms with Gasteiger partial charge in [-0.25, -0.2) is 12.7 Å². The minimum Gasteiger partial charge on any atom is -0.389 e. The van der Waals surface area contributed by atoms with Crippen LogP contribution in [0.3, 0.4) is 0 Å². The maximum atomic E-state index is 13.7. The van der Waals surface area contributed by atoms with Gasteiger partial charge in [0.1, 0.15) is 0 Å². The molecule has 0 aromatic heterocycles. The molecule has 3 atom stereocenters. The average Bonchev–Trinajstić information content (AvgIpc) is 3.24. The van der Waals surface area contributed by atoms with Gasteiger partial charge in [-0.05, 0) is 61.0 Å². The molecular weight excluding hydrogens is 394 g/mol. The Morgan fingerprint density at radius 1 is 1.13 bits per heavy atom. The Morgan fingerprint density at radius 3 is 2.50 bits per heavy atom. The van der Waals surface area contributed by atoms with Gasteiger partial charge >= 0.3 is 0 Å². The van der Waals surface area contributed by atoms with Crippen molar-refractivity contribution in [1.82, 2.24) is 4.31 Å². The lowest BCUT2D eigenvalue weighted by Gasteiger charge is -2.48. The van der Waals surface area contributed by atoms with E-state index < -0.39 is 21.0 Å². The third-order valence-corrected chi connectivity index (χ3v) is 11.8. The first-order valence-corrected chi connectivity index (χ1v) is 13.2. The van der Waals surface area contributed by atoms with Crippen LogP contribution in [0.1, 0.15) is 70.4 Å². The summed E-state index contributed by atoms with van der Waals surface area (Å²) in [7, 11) is -3.44. The summed E-state index contributed by atoms with van der Waals surface area (Å²) >= 11 is 0. The van der Waals surface area contributed by atoms with Gasteiger partial charge in [0.25, 0.3) is 0 Å². The SMILES string of the molecule is CCC1(O)CC2CC[C@]1(CS(=O)(=O)N1CCC3(C=Cc4ccccc43)CC1)C2(C)C. The number of nitrogens with zero attached hydrogens (tertiary/aromatic N) is 1. The standard InChI is InChI=1S/C25H35NO3S/c1-4-25(27)17-20-10-12-24(25,22(20,2)3)18-30(28,29)26-15-13-23(14-16-26)11-9-19-7-5-6-8-21(19)23/h5-9,11,20,27H,4,10,12-18H2,1-3H3/t20?,24-,25?/m0/s1. The number of benzene rings is 1. The van der Waals surface area contributed by atoms with E-state index in [1.165, 1.54) is 11.1 Å². The number of fused-ring (bicyclic) bond motifs is 4. The monoisotopic (exact) mass is 429 g/mol. The molecule has 1 N–H and O–H groups in total. The molecule has 2 unspecified atom stereocenters. The van der Waals surface area contributed by atoms with Crippen molar-refractivity contribution >= 4 is 16.1 Å². The first-order valence-electron chi connectivity index (χ1n) is 11.6. The van der Waals surface area contributed by atoms with Crippen LogP contribution in [0.15, 0.2) is 30.3 Å². The molecule has 2 bridgehead atoms. The van der Waals surface area contributed by atoms with Gasteiger partial charge in [0.15, 0.2) is 0 Å². The smallest absolute Gasteiger partial charge is 0.214 e. The fourth-order valence-corrected chi connectivity index (χ4v) is 9.93. The van der Waals surface area contributed by atoms with E-state index in [0.29, 0.717) is 25.4 Å². The van der Waals surface area contributed by atoms with E-state index in [2.05, 4.69) is 50.3 Å². The summed E-state index contributed by atoms with van der Waals surface area (Å²) in [6.07, 6.45) is 9.38. The summed E-state index contributed by atoms with van der Waals surface area (Å²) in [5.74, 6) is 0.509. The molecule has 164 valence electrons. The lowest BCUT2D eigenvalue weighted by molar-refractivity contribution is -0.0897. The van der Waals surface area contributed by atoms with E-state index in [1.54, 1.807) is 4.31 Å². The van der Waals surface area contributed by atoms with Crippen LogP contribution in [-0.4, -0.2) is 42.3 Å². The first kappa shape index (κ1) is 20.7. The molecule has 3 aliphatic carbocycles. The highest BCUT2D eigenvalue weighted by molar-refractivity contribution is 7.89. The van der Waals surface area contributed by atoms with Gasteiger partial charge < -0.3 is 5.11 Å². The van der Waals surface area contributed by atoms with Gasteiger partial charge in [-0.15, -0.1) is 0 Å². The van der Waals surface area contributed by atoms with Crippen LogP contribution in [0.4, 0.5) is 0 Å². The maximum Gasteiger partial charge on any atom is 0.214 e. The predicted octanol–water partition coefficient (Wildman–Crippen LogP) is 4.34. The molecule has 4 aliphatic rings. The van der Waals surface area contributed by atoms with Crippen LogP contribution in [0.5, 0.6) is 0 Å².